The van der Waals surface area contributed by atoms with Crippen LogP contribution in [0.5, 0.6) is 5.75 Å². The van der Waals surface area contributed by atoms with E-state index in [4.69, 9.17) is 4.74 Å². The lowest BCUT2D eigenvalue weighted by Gasteiger charge is -2.31. The van der Waals surface area contributed by atoms with Gasteiger partial charge >= 0.3 is 0 Å². The summed E-state index contributed by atoms with van der Waals surface area (Å²) in [5.74, 6) is 1.28. The van der Waals surface area contributed by atoms with Gasteiger partial charge in [0.15, 0.2) is 0 Å². The fourth-order valence-corrected chi connectivity index (χ4v) is 5.27. The number of pyridine rings is 1. The van der Waals surface area contributed by atoms with E-state index >= 15 is 0 Å². The van der Waals surface area contributed by atoms with E-state index in [1.165, 1.54) is 5.56 Å². The standard InChI is InChI=1S/C21H27N3O3S/c1-15(16-8-10-17(27-2)11-9-16)24-14-4-6-20(24)19-5-3-7-21(22-19)23-28(25,26)18-12-13-18/h3,5,7-11,15,18,20H,4,6,12-14H2,1-2H3,(H,22,23)/t15-,20-/m0/s1. The summed E-state index contributed by atoms with van der Waals surface area (Å²) in [5.41, 5.74) is 2.16. The molecular weight excluding hydrogens is 374 g/mol. The Hall–Kier alpha value is -2.12. The highest BCUT2D eigenvalue weighted by atomic mass is 32.2. The molecule has 1 saturated heterocycles. The summed E-state index contributed by atoms with van der Waals surface area (Å²) in [6, 6.07) is 14.2. The molecule has 7 heteroatoms. The topological polar surface area (TPSA) is 71.5 Å². The number of aromatic nitrogens is 1. The lowest BCUT2D eigenvalue weighted by molar-refractivity contribution is 0.191. The Labute approximate surface area is 167 Å². The van der Waals surface area contributed by atoms with E-state index in [1.54, 1.807) is 13.2 Å². The molecule has 1 aromatic heterocycles. The second-order valence-corrected chi connectivity index (χ2v) is 9.60. The van der Waals surface area contributed by atoms with Gasteiger partial charge in [0.25, 0.3) is 0 Å². The highest BCUT2D eigenvalue weighted by Gasteiger charge is 2.36. The van der Waals surface area contributed by atoms with Gasteiger partial charge in [0.05, 0.1) is 24.1 Å². The normalized spacial score (nSPS) is 21.4. The molecule has 0 unspecified atom stereocenters. The molecule has 2 atom stereocenters. The summed E-state index contributed by atoms with van der Waals surface area (Å²) in [7, 11) is -1.63. The van der Waals surface area contributed by atoms with Crippen LogP contribution in [0.15, 0.2) is 42.5 Å². The van der Waals surface area contributed by atoms with Crippen LogP contribution in [0.25, 0.3) is 0 Å². The van der Waals surface area contributed by atoms with Crippen molar-refractivity contribution in [3.63, 3.8) is 0 Å². The molecule has 1 aliphatic heterocycles. The molecule has 2 fully saturated rings. The number of hydrogen-bond acceptors (Lipinski definition) is 5. The largest absolute Gasteiger partial charge is 0.497 e. The molecular formula is C21H27N3O3S. The van der Waals surface area contributed by atoms with Crippen molar-refractivity contribution in [2.45, 2.75) is 49.9 Å². The number of sulfonamides is 1. The highest BCUT2D eigenvalue weighted by molar-refractivity contribution is 7.93. The minimum Gasteiger partial charge on any atom is -0.497 e. The van der Waals surface area contributed by atoms with Gasteiger partial charge in [0, 0.05) is 6.04 Å². The molecule has 1 saturated carbocycles. The van der Waals surface area contributed by atoms with Gasteiger partial charge in [-0.15, -0.1) is 0 Å². The molecule has 28 heavy (non-hydrogen) atoms. The second kappa shape index (κ2) is 7.72. The van der Waals surface area contributed by atoms with Gasteiger partial charge in [-0.05, 0) is 69.0 Å². The number of nitrogens with one attached hydrogen (secondary N) is 1. The van der Waals surface area contributed by atoms with E-state index < -0.39 is 10.0 Å². The predicted molar refractivity (Wildman–Crippen MR) is 110 cm³/mol. The summed E-state index contributed by atoms with van der Waals surface area (Å²) in [6.45, 7) is 3.21. The molecule has 1 aliphatic carbocycles. The Balaban J connectivity index is 1.53. The van der Waals surface area contributed by atoms with Crippen molar-refractivity contribution < 1.29 is 13.2 Å². The van der Waals surface area contributed by atoms with E-state index in [2.05, 4.69) is 33.7 Å². The minimum atomic E-state index is -3.30. The molecule has 0 spiro atoms. The Morgan fingerprint density at radius 3 is 2.57 bits per heavy atom. The summed E-state index contributed by atoms with van der Waals surface area (Å²) in [6.07, 6.45) is 3.60. The maximum Gasteiger partial charge on any atom is 0.236 e. The molecule has 0 bridgehead atoms. The zero-order valence-corrected chi connectivity index (χ0v) is 17.2. The molecule has 2 aliphatic rings. The van der Waals surface area contributed by atoms with Crippen LogP contribution in [0.1, 0.15) is 55.9 Å². The first kappa shape index (κ1) is 19.2. The summed E-state index contributed by atoms with van der Waals surface area (Å²) in [4.78, 5) is 7.10. The van der Waals surface area contributed by atoms with Crippen LogP contribution in [0.3, 0.4) is 0 Å². The van der Waals surface area contributed by atoms with E-state index in [1.807, 2.05) is 24.3 Å². The van der Waals surface area contributed by atoms with Crippen LogP contribution in [0, 0.1) is 0 Å². The van der Waals surface area contributed by atoms with Gasteiger partial charge in [-0.3, -0.25) is 9.62 Å². The van der Waals surface area contributed by atoms with E-state index in [9.17, 15) is 8.42 Å². The minimum absolute atomic E-state index is 0.183. The monoisotopic (exact) mass is 401 g/mol. The van der Waals surface area contributed by atoms with Crippen molar-refractivity contribution in [2.75, 3.05) is 18.4 Å². The number of benzene rings is 1. The zero-order chi connectivity index (χ0) is 19.7. The van der Waals surface area contributed by atoms with Crippen molar-refractivity contribution in [3.05, 3.63) is 53.7 Å². The smallest absolute Gasteiger partial charge is 0.236 e. The van der Waals surface area contributed by atoms with Crippen LogP contribution in [-0.4, -0.2) is 37.2 Å². The van der Waals surface area contributed by atoms with E-state index in [0.29, 0.717) is 5.82 Å². The quantitative estimate of drug-likeness (QED) is 0.762. The molecule has 2 aromatic rings. The van der Waals surface area contributed by atoms with Crippen molar-refractivity contribution in [1.82, 2.24) is 9.88 Å². The first-order valence-electron chi connectivity index (χ1n) is 9.86. The number of nitrogens with zero attached hydrogens (tertiary/aromatic N) is 2. The molecule has 4 rings (SSSR count). The molecule has 150 valence electrons. The Morgan fingerprint density at radius 1 is 1.14 bits per heavy atom. The van der Waals surface area contributed by atoms with E-state index in [-0.39, 0.29) is 17.3 Å². The van der Waals surface area contributed by atoms with Gasteiger partial charge in [0.2, 0.25) is 10.0 Å². The Morgan fingerprint density at radius 2 is 1.89 bits per heavy atom. The molecule has 0 amide bonds. The number of rotatable bonds is 7. The average Bonchev–Trinajstić information content (AvgIpc) is 3.46. The lowest BCUT2D eigenvalue weighted by atomic mass is 10.0. The first-order valence-corrected chi connectivity index (χ1v) is 11.4. The third-order valence-corrected chi connectivity index (χ3v) is 7.55. The molecule has 6 nitrogen and oxygen atoms in total. The lowest BCUT2D eigenvalue weighted by Crippen LogP contribution is -2.27. The van der Waals surface area contributed by atoms with Gasteiger partial charge in [0.1, 0.15) is 11.6 Å². The zero-order valence-electron chi connectivity index (χ0n) is 16.3. The van der Waals surface area contributed by atoms with Gasteiger partial charge in [-0.25, -0.2) is 13.4 Å². The fourth-order valence-electron chi connectivity index (χ4n) is 3.95. The number of methoxy groups -OCH3 is 1. The van der Waals surface area contributed by atoms with Gasteiger partial charge in [-0.1, -0.05) is 18.2 Å². The van der Waals surface area contributed by atoms with E-state index in [0.717, 1.165) is 43.7 Å². The number of anilines is 1. The molecule has 1 N–H and O–H groups in total. The summed E-state index contributed by atoms with van der Waals surface area (Å²) in [5, 5.41) is -0.254. The van der Waals surface area contributed by atoms with Gasteiger partial charge < -0.3 is 4.74 Å². The fraction of sp³-hybridized carbons (Fsp3) is 0.476. The third-order valence-electron chi connectivity index (χ3n) is 5.71. The van der Waals surface area contributed by atoms with Crippen molar-refractivity contribution in [2.24, 2.45) is 0 Å². The predicted octanol–water partition coefficient (Wildman–Crippen LogP) is 3.89. The second-order valence-electron chi connectivity index (χ2n) is 7.64. The number of ether oxygens (including phenoxy) is 1. The first-order chi connectivity index (χ1) is 13.5. The van der Waals surface area contributed by atoms with Crippen LogP contribution in [-0.2, 0) is 10.0 Å². The maximum absolute atomic E-state index is 12.2. The van der Waals surface area contributed by atoms with Crippen molar-refractivity contribution in [3.8, 4) is 5.75 Å². The third kappa shape index (κ3) is 4.00. The SMILES string of the molecule is COc1ccc([C@H](C)N2CCC[C@H]2c2cccc(NS(=O)(=O)C3CC3)n2)cc1. The average molecular weight is 402 g/mol. The molecule has 1 aromatic carbocycles. The summed E-state index contributed by atoms with van der Waals surface area (Å²) < 4.78 is 32.4. The Bertz CT molecular complexity index is 926. The number of hydrogen-bond donors (Lipinski definition) is 1. The van der Waals surface area contributed by atoms with Crippen LogP contribution in [0.4, 0.5) is 5.82 Å². The summed E-state index contributed by atoms with van der Waals surface area (Å²) >= 11 is 0. The highest BCUT2D eigenvalue weighted by Crippen LogP contribution is 2.38. The van der Waals surface area contributed by atoms with Crippen molar-refractivity contribution in [1.29, 1.82) is 0 Å². The maximum atomic E-state index is 12.2. The van der Waals surface area contributed by atoms with Crippen molar-refractivity contribution >= 4 is 15.8 Å². The van der Waals surface area contributed by atoms with Crippen LogP contribution < -0.4 is 9.46 Å². The number of likely N-dealkylation sites (tertiary alicyclic amines) is 1. The molecule has 0 radical (unpaired) electrons. The Kier molecular flexibility index (Phi) is 5.29. The molecule has 2 heterocycles. The van der Waals surface area contributed by atoms with Crippen LogP contribution >= 0.6 is 0 Å². The van der Waals surface area contributed by atoms with Crippen LogP contribution in [0.2, 0.25) is 0 Å². The van der Waals surface area contributed by atoms with Gasteiger partial charge in [-0.2, -0.15) is 0 Å².